The average molecular weight is 327 g/mol. The van der Waals surface area contributed by atoms with Gasteiger partial charge in [-0.2, -0.15) is 0 Å². The SMILES string of the molecule is C[C@H](CC(=O)N1CCC(c2nnc3n2CCC3)CC1)n1cccc1. The Balaban J connectivity index is 1.33. The van der Waals surface area contributed by atoms with Crippen molar-refractivity contribution >= 4 is 5.91 Å². The molecule has 2 aromatic heterocycles. The lowest BCUT2D eigenvalue weighted by Gasteiger charge is -2.32. The van der Waals surface area contributed by atoms with Crippen LogP contribution < -0.4 is 0 Å². The van der Waals surface area contributed by atoms with Gasteiger partial charge in [0.2, 0.25) is 5.91 Å². The highest BCUT2D eigenvalue weighted by atomic mass is 16.2. The summed E-state index contributed by atoms with van der Waals surface area (Å²) >= 11 is 0. The number of likely N-dealkylation sites (tertiary alicyclic amines) is 1. The van der Waals surface area contributed by atoms with Crippen LogP contribution in [0.25, 0.3) is 0 Å². The fourth-order valence-electron chi connectivity index (χ4n) is 3.99. The van der Waals surface area contributed by atoms with E-state index in [0.717, 1.165) is 50.5 Å². The van der Waals surface area contributed by atoms with Crippen LogP contribution in [0.15, 0.2) is 24.5 Å². The van der Waals surface area contributed by atoms with Gasteiger partial charge in [0.1, 0.15) is 11.6 Å². The third-order valence-electron chi connectivity index (χ3n) is 5.46. The van der Waals surface area contributed by atoms with Gasteiger partial charge in [0.15, 0.2) is 0 Å². The molecule has 4 rings (SSSR count). The van der Waals surface area contributed by atoms with Crippen LogP contribution in [0, 0.1) is 0 Å². The molecule has 2 aliphatic heterocycles. The van der Waals surface area contributed by atoms with Crippen molar-refractivity contribution in [2.45, 2.75) is 57.5 Å². The van der Waals surface area contributed by atoms with Gasteiger partial charge in [-0.3, -0.25) is 4.79 Å². The summed E-state index contributed by atoms with van der Waals surface area (Å²) in [5.41, 5.74) is 0. The van der Waals surface area contributed by atoms with Gasteiger partial charge in [-0.15, -0.1) is 10.2 Å². The molecule has 6 heteroatoms. The number of carbonyl (C=O) groups excluding carboxylic acids is 1. The predicted molar refractivity (Wildman–Crippen MR) is 90.7 cm³/mol. The molecule has 0 radical (unpaired) electrons. The Morgan fingerprint density at radius 3 is 2.71 bits per heavy atom. The lowest BCUT2D eigenvalue weighted by atomic mass is 9.95. The van der Waals surface area contributed by atoms with Crippen molar-refractivity contribution in [1.29, 1.82) is 0 Å². The highest BCUT2D eigenvalue weighted by Crippen LogP contribution is 2.30. The molecule has 128 valence electrons. The van der Waals surface area contributed by atoms with E-state index in [1.54, 1.807) is 0 Å². The maximum Gasteiger partial charge on any atom is 0.224 e. The van der Waals surface area contributed by atoms with E-state index in [1.165, 1.54) is 6.42 Å². The van der Waals surface area contributed by atoms with Gasteiger partial charge in [-0.1, -0.05) is 0 Å². The van der Waals surface area contributed by atoms with Gasteiger partial charge in [0, 0.05) is 56.8 Å². The summed E-state index contributed by atoms with van der Waals surface area (Å²) in [5, 5.41) is 8.74. The van der Waals surface area contributed by atoms with Crippen LogP contribution in [-0.2, 0) is 17.8 Å². The van der Waals surface area contributed by atoms with Crippen molar-refractivity contribution in [2.24, 2.45) is 0 Å². The topological polar surface area (TPSA) is 56.0 Å². The minimum Gasteiger partial charge on any atom is -0.351 e. The van der Waals surface area contributed by atoms with E-state index in [2.05, 4.69) is 26.3 Å². The second kappa shape index (κ2) is 6.42. The fraction of sp³-hybridized carbons (Fsp3) is 0.611. The predicted octanol–water partition coefficient (Wildman–Crippen LogP) is 2.38. The molecule has 0 saturated carbocycles. The van der Waals surface area contributed by atoms with E-state index in [9.17, 15) is 4.79 Å². The molecule has 0 aromatic carbocycles. The van der Waals surface area contributed by atoms with E-state index < -0.39 is 0 Å². The molecule has 24 heavy (non-hydrogen) atoms. The summed E-state index contributed by atoms with van der Waals surface area (Å²) in [6.07, 6.45) is 8.86. The number of piperidine rings is 1. The van der Waals surface area contributed by atoms with Gasteiger partial charge in [-0.05, 0) is 38.3 Å². The van der Waals surface area contributed by atoms with Crippen LogP contribution in [0.1, 0.15) is 56.2 Å². The molecule has 2 aliphatic rings. The molecule has 0 bridgehead atoms. The van der Waals surface area contributed by atoms with Crippen molar-refractivity contribution in [1.82, 2.24) is 24.2 Å². The van der Waals surface area contributed by atoms with E-state index >= 15 is 0 Å². The summed E-state index contributed by atoms with van der Waals surface area (Å²) in [6, 6.07) is 4.22. The number of hydrogen-bond acceptors (Lipinski definition) is 3. The molecule has 0 N–H and O–H groups in total. The zero-order valence-corrected chi connectivity index (χ0v) is 14.3. The first kappa shape index (κ1) is 15.4. The van der Waals surface area contributed by atoms with Gasteiger partial charge < -0.3 is 14.0 Å². The van der Waals surface area contributed by atoms with Gasteiger partial charge in [0.25, 0.3) is 0 Å². The zero-order chi connectivity index (χ0) is 16.5. The monoisotopic (exact) mass is 327 g/mol. The van der Waals surface area contributed by atoms with Crippen LogP contribution in [0.4, 0.5) is 0 Å². The maximum absolute atomic E-state index is 12.6. The molecule has 2 aromatic rings. The third kappa shape index (κ3) is 2.85. The van der Waals surface area contributed by atoms with Crippen LogP contribution in [0.5, 0.6) is 0 Å². The Labute approximate surface area is 142 Å². The van der Waals surface area contributed by atoms with Crippen LogP contribution >= 0.6 is 0 Å². The number of aromatic nitrogens is 4. The lowest BCUT2D eigenvalue weighted by Crippen LogP contribution is -2.39. The molecule has 0 unspecified atom stereocenters. The smallest absolute Gasteiger partial charge is 0.224 e. The average Bonchev–Trinajstić information content (AvgIpc) is 3.32. The van der Waals surface area contributed by atoms with Crippen molar-refractivity contribution in [3.05, 3.63) is 36.2 Å². The summed E-state index contributed by atoms with van der Waals surface area (Å²) < 4.78 is 4.40. The highest BCUT2D eigenvalue weighted by molar-refractivity contribution is 5.76. The zero-order valence-electron chi connectivity index (χ0n) is 14.3. The van der Waals surface area contributed by atoms with Crippen molar-refractivity contribution in [3.63, 3.8) is 0 Å². The molecule has 1 atom stereocenters. The number of rotatable bonds is 4. The summed E-state index contributed by atoms with van der Waals surface area (Å²) in [7, 11) is 0. The van der Waals surface area contributed by atoms with E-state index in [4.69, 9.17) is 0 Å². The van der Waals surface area contributed by atoms with Crippen LogP contribution in [0.3, 0.4) is 0 Å². The second-order valence-corrected chi connectivity index (χ2v) is 7.07. The standard InChI is InChI=1S/C18H25N5O/c1-14(21-8-2-3-9-21)13-17(24)22-11-6-15(7-12-22)18-20-19-16-5-4-10-23(16)18/h2-3,8-9,14-15H,4-7,10-13H2,1H3/t14-/m1/s1. The number of amides is 1. The second-order valence-electron chi connectivity index (χ2n) is 7.07. The van der Waals surface area contributed by atoms with Crippen LogP contribution in [0.2, 0.25) is 0 Å². The number of aryl methyl sites for hydroxylation is 1. The Bertz CT molecular complexity index is 697. The molecular weight excluding hydrogens is 302 g/mol. The maximum atomic E-state index is 12.6. The van der Waals surface area contributed by atoms with Gasteiger partial charge >= 0.3 is 0 Å². The van der Waals surface area contributed by atoms with Crippen LogP contribution in [-0.4, -0.2) is 43.2 Å². The number of nitrogens with zero attached hydrogens (tertiary/aromatic N) is 5. The minimum atomic E-state index is 0.213. The first-order valence-corrected chi connectivity index (χ1v) is 9.04. The Hall–Kier alpha value is -2.11. The van der Waals surface area contributed by atoms with E-state index in [1.807, 2.05) is 29.4 Å². The molecule has 0 spiro atoms. The quantitative estimate of drug-likeness (QED) is 0.866. The largest absolute Gasteiger partial charge is 0.351 e. The number of hydrogen-bond donors (Lipinski definition) is 0. The summed E-state index contributed by atoms with van der Waals surface area (Å²) in [5.74, 6) is 3.01. The van der Waals surface area contributed by atoms with Crippen molar-refractivity contribution in [2.75, 3.05) is 13.1 Å². The third-order valence-corrected chi connectivity index (χ3v) is 5.46. The van der Waals surface area contributed by atoms with Gasteiger partial charge in [0.05, 0.1) is 0 Å². The normalized spacial score (nSPS) is 19.5. The molecule has 1 saturated heterocycles. The molecular formula is C18H25N5O. The van der Waals surface area contributed by atoms with Crippen molar-refractivity contribution < 1.29 is 4.79 Å². The van der Waals surface area contributed by atoms with E-state index in [0.29, 0.717) is 12.3 Å². The molecule has 0 aliphatic carbocycles. The molecule has 4 heterocycles. The number of fused-ring (bicyclic) bond motifs is 1. The van der Waals surface area contributed by atoms with E-state index in [-0.39, 0.29) is 11.9 Å². The molecule has 6 nitrogen and oxygen atoms in total. The summed E-state index contributed by atoms with van der Waals surface area (Å²) in [6.45, 7) is 4.84. The van der Waals surface area contributed by atoms with Gasteiger partial charge in [-0.25, -0.2) is 0 Å². The Kier molecular flexibility index (Phi) is 4.12. The first-order chi connectivity index (χ1) is 11.7. The van der Waals surface area contributed by atoms with Crippen molar-refractivity contribution in [3.8, 4) is 0 Å². The Morgan fingerprint density at radius 2 is 1.96 bits per heavy atom. The highest BCUT2D eigenvalue weighted by Gasteiger charge is 2.29. The Morgan fingerprint density at radius 1 is 1.21 bits per heavy atom. The fourth-order valence-corrected chi connectivity index (χ4v) is 3.99. The molecule has 1 fully saturated rings. The first-order valence-electron chi connectivity index (χ1n) is 9.04. The number of carbonyl (C=O) groups is 1. The summed E-state index contributed by atoms with van der Waals surface area (Å²) in [4.78, 5) is 14.6. The minimum absolute atomic E-state index is 0.213. The lowest BCUT2D eigenvalue weighted by molar-refractivity contribution is -0.133. The molecule has 1 amide bonds.